The van der Waals surface area contributed by atoms with E-state index in [-0.39, 0.29) is 5.91 Å². The Hall–Kier alpha value is -2.30. The van der Waals surface area contributed by atoms with Crippen LogP contribution in [0.5, 0.6) is 0 Å². The summed E-state index contributed by atoms with van der Waals surface area (Å²) >= 11 is 0. The summed E-state index contributed by atoms with van der Waals surface area (Å²) in [6, 6.07) is 9.87. The molecule has 22 heavy (non-hydrogen) atoms. The second kappa shape index (κ2) is 5.83. The zero-order chi connectivity index (χ0) is 15.7. The van der Waals surface area contributed by atoms with E-state index in [2.05, 4.69) is 6.92 Å². The number of carbonyl (C=O) groups is 2. The van der Waals surface area contributed by atoms with Crippen molar-refractivity contribution >= 4 is 22.8 Å². The van der Waals surface area contributed by atoms with Crippen LogP contribution >= 0.6 is 0 Å². The molecule has 2 heterocycles. The summed E-state index contributed by atoms with van der Waals surface area (Å²) in [4.78, 5) is 25.5. The Morgan fingerprint density at radius 2 is 2.09 bits per heavy atom. The lowest BCUT2D eigenvalue weighted by molar-refractivity contribution is -0.141. The second-order valence-electron chi connectivity index (χ2n) is 5.82. The smallest absolute Gasteiger partial charge is 0.308 e. The Kier molecular flexibility index (Phi) is 3.88. The fourth-order valence-electron chi connectivity index (χ4n) is 3.16. The molecule has 1 fully saturated rings. The van der Waals surface area contributed by atoms with Crippen LogP contribution in [-0.4, -0.2) is 39.5 Å². The third-order valence-electron chi connectivity index (χ3n) is 4.30. The summed E-state index contributed by atoms with van der Waals surface area (Å²) in [5.74, 6) is -1.31. The van der Waals surface area contributed by atoms with Crippen molar-refractivity contribution in [2.24, 2.45) is 5.92 Å². The molecule has 2 aromatic rings. The largest absolute Gasteiger partial charge is 0.481 e. The van der Waals surface area contributed by atoms with Crippen molar-refractivity contribution in [2.75, 3.05) is 13.1 Å². The topological polar surface area (TPSA) is 62.5 Å². The average molecular weight is 300 g/mol. The molecule has 3 rings (SSSR count). The van der Waals surface area contributed by atoms with E-state index in [0.29, 0.717) is 25.2 Å². The molecular weight excluding hydrogens is 280 g/mol. The van der Waals surface area contributed by atoms with Gasteiger partial charge in [0.05, 0.1) is 5.92 Å². The highest BCUT2D eigenvalue weighted by molar-refractivity contribution is 5.99. The molecule has 1 aliphatic rings. The van der Waals surface area contributed by atoms with Crippen LogP contribution in [0.1, 0.15) is 30.3 Å². The number of carboxylic acid groups (broad SMARTS) is 1. The normalized spacial score (nSPS) is 18.0. The number of hydrogen-bond acceptors (Lipinski definition) is 2. The minimum absolute atomic E-state index is 0.0617. The molecule has 0 radical (unpaired) electrons. The van der Waals surface area contributed by atoms with E-state index in [9.17, 15) is 9.59 Å². The molecule has 1 aromatic heterocycles. The van der Waals surface area contributed by atoms with Gasteiger partial charge in [-0.1, -0.05) is 25.1 Å². The van der Waals surface area contributed by atoms with Gasteiger partial charge in [-0.3, -0.25) is 9.59 Å². The maximum atomic E-state index is 12.8. The molecule has 1 aromatic carbocycles. The molecule has 1 amide bonds. The number of nitrogens with zero attached hydrogens (tertiary/aromatic N) is 2. The van der Waals surface area contributed by atoms with Crippen molar-refractivity contribution < 1.29 is 14.7 Å². The number of aromatic nitrogens is 1. The van der Waals surface area contributed by atoms with Crippen molar-refractivity contribution in [1.82, 2.24) is 9.47 Å². The number of aryl methyl sites for hydroxylation is 1. The molecular formula is C17H20N2O3. The van der Waals surface area contributed by atoms with Gasteiger partial charge in [0.15, 0.2) is 0 Å². The van der Waals surface area contributed by atoms with Crippen LogP contribution in [0.15, 0.2) is 30.3 Å². The third kappa shape index (κ3) is 2.47. The van der Waals surface area contributed by atoms with Crippen LogP contribution in [0.3, 0.4) is 0 Å². The Morgan fingerprint density at radius 1 is 1.32 bits per heavy atom. The van der Waals surface area contributed by atoms with Crippen LogP contribution in [0.25, 0.3) is 10.9 Å². The van der Waals surface area contributed by atoms with E-state index in [1.165, 1.54) is 0 Å². The maximum Gasteiger partial charge on any atom is 0.308 e. The molecule has 5 heteroatoms. The molecule has 116 valence electrons. The van der Waals surface area contributed by atoms with Gasteiger partial charge < -0.3 is 14.6 Å². The SMILES string of the molecule is CCCn1c(C(=O)N2CCC(C(=O)O)C2)cc2ccccc21. The van der Waals surface area contributed by atoms with E-state index in [4.69, 9.17) is 5.11 Å². The average Bonchev–Trinajstić information content (AvgIpc) is 3.12. The predicted octanol–water partition coefficient (Wildman–Crippen LogP) is 2.60. The predicted molar refractivity (Wildman–Crippen MR) is 83.9 cm³/mol. The molecule has 1 aliphatic heterocycles. The quantitative estimate of drug-likeness (QED) is 0.944. The lowest BCUT2D eigenvalue weighted by Gasteiger charge is -2.17. The lowest BCUT2D eigenvalue weighted by Crippen LogP contribution is -2.31. The Morgan fingerprint density at radius 3 is 2.77 bits per heavy atom. The van der Waals surface area contributed by atoms with Gasteiger partial charge in [-0.25, -0.2) is 0 Å². The van der Waals surface area contributed by atoms with E-state index in [0.717, 1.165) is 23.9 Å². The van der Waals surface area contributed by atoms with E-state index in [1.54, 1.807) is 4.90 Å². The Labute approximate surface area is 129 Å². The van der Waals surface area contributed by atoms with E-state index < -0.39 is 11.9 Å². The van der Waals surface area contributed by atoms with Crippen molar-refractivity contribution in [2.45, 2.75) is 26.3 Å². The van der Waals surface area contributed by atoms with Gasteiger partial charge in [0.25, 0.3) is 5.91 Å². The number of likely N-dealkylation sites (tertiary alicyclic amines) is 1. The molecule has 1 atom stereocenters. The zero-order valence-electron chi connectivity index (χ0n) is 12.7. The zero-order valence-corrected chi connectivity index (χ0v) is 12.7. The van der Waals surface area contributed by atoms with Crippen LogP contribution in [-0.2, 0) is 11.3 Å². The number of aliphatic carboxylic acids is 1. The van der Waals surface area contributed by atoms with Gasteiger partial charge in [-0.15, -0.1) is 0 Å². The molecule has 0 saturated carbocycles. The van der Waals surface area contributed by atoms with Gasteiger partial charge in [0, 0.05) is 30.5 Å². The fraction of sp³-hybridized carbons (Fsp3) is 0.412. The summed E-state index contributed by atoms with van der Waals surface area (Å²) in [5, 5.41) is 10.1. The Bertz CT molecular complexity index is 720. The number of rotatable bonds is 4. The van der Waals surface area contributed by atoms with Crippen LogP contribution in [0.4, 0.5) is 0 Å². The summed E-state index contributed by atoms with van der Waals surface area (Å²) in [7, 11) is 0. The maximum absolute atomic E-state index is 12.8. The van der Waals surface area contributed by atoms with Crippen molar-refractivity contribution in [3.05, 3.63) is 36.0 Å². The van der Waals surface area contributed by atoms with Gasteiger partial charge in [0.2, 0.25) is 0 Å². The summed E-state index contributed by atoms with van der Waals surface area (Å²) in [6.07, 6.45) is 1.48. The molecule has 0 aliphatic carbocycles. The molecule has 0 spiro atoms. The summed E-state index contributed by atoms with van der Waals surface area (Å²) in [5.41, 5.74) is 1.72. The van der Waals surface area contributed by atoms with Crippen molar-refractivity contribution in [3.8, 4) is 0 Å². The first-order valence-electron chi connectivity index (χ1n) is 7.72. The Balaban J connectivity index is 1.94. The fourth-order valence-corrected chi connectivity index (χ4v) is 3.16. The van der Waals surface area contributed by atoms with Gasteiger partial charge in [0.1, 0.15) is 5.69 Å². The monoisotopic (exact) mass is 300 g/mol. The number of benzene rings is 1. The molecule has 1 saturated heterocycles. The number of fused-ring (bicyclic) bond motifs is 1. The van der Waals surface area contributed by atoms with Gasteiger partial charge >= 0.3 is 5.97 Å². The van der Waals surface area contributed by atoms with E-state index >= 15 is 0 Å². The second-order valence-corrected chi connectivity index (χ2v) is 5.82. The number of carboxylic acids is 1. The standard InChI is InChI=1S/C17H20N2O3/c1-2-8-19-14-6-4-3-5-12(14)10-15(19)16(20)18-9-7-13(11-18)17(21)22/h3-6,10,13H,2,7-9,11H2,1H3,(H,21,22). The molecule has 0 bridgehead atoms. The summed E-state index contributed by atoms with van der Waals surface area (Å²) in [6.45, 7) is 3.69. The number of carbonyl (C=O) groups excluding carboxylic acids is 1. The number of amides is 1. The van der Waals surface area contributed by atoms with Crippen LogP contribution < -0.4 is 0 Å². The molecule has 5 nitrogen and oxygen atoms in total. The first kappa shape index (κ1) is 14.6. The lowest BCUT2D eigenvalue weighted by atomic mass is 10.1. The highest BCUT2D eigenvalue weighted by Crippen LogP contribution is 2.24. The van der Waals surface area contributed by atoms with Crippen molar-refractivity contribution in [3.63, 3.8) is 0 Å². The minimum Gasteiger partial charge on any atom is -0.481 e. The molecule has 1 unspecified atom stereocenters. The minimum atomic E-state index is -0.815. The molecule has 1 N–H and O–H groups in total. The number of hydrogen-bond donors (Lipinski definition) is 1. The highest BCUT2D eigenvalue weighted by atomic mass is 16.4. The van der Waals surface area contributed by atoms with Crippen LogP contribution in [0.2, 0.25) is 0 Å². The first-order chi connectivity index (χ1) is 10.6. The third-order valence-corrected chi connectivity index (χ3v) is 4.30. The van der Waals surface area contributed by atoms with Gasteiger partial charge in [-0.05, 0) is 25.0 Å². The van der Waals surface area contributed by atoms with E-state index in [1.807, 2.05) is 34.9 Å². The van der Waals surface area contributed by atoms with Crippen LogP contribution in [0, 0.1) is 5.92 Å². The summed E-state index contributed by atoms with van der Waals surface area (Å²) < 4.78 is 2.05. The number of para-hydroxylation sites is 1. The van der Waals surface area contributed by atoms with Gasteiger partial charge in [-0.2, -0.15) is 0 Å². The van der Waals surface area contributed by atoms with Crippen molar-refractivity contribution in [1.29, 1.82) is 0 Å². The highest BCUT2D eigenvalue weighted by Gasteiger charge is 2.32. The first-order valence-corrected chi connectivity index (χ1v) is 7.72.